The van der Waals surface area contributed by atoms with Gasteiger partial charge >= 0.3 is 0 Å². The van der Waals surface area contributed by atoms with Crippen LogP contribution in [-0.4, -0.2) is 38.4 Å². The number of hydrogen-bond acceptors (Lipinski definition) is 5. The molecule has 0 radical (unpaired) electrons. The Hall–Kier alpha value is -2.58. The lowest BCUT2D eigenvalue weighted by Gasteiger charge is -2.30. The molecule has 158 valence electrons. The van der Waals surface area contributed by atoms with Crippen LogP contribution in [0.25, 0.3) is 5.69 Å². The zero-order valence-electron chi connectivity index (χ0n) is 17.3. The highest BCUT2D eigenvalue weighted by molar-refractivity contribution is 7.09. The Bertz CT molecular complexity index is 1020. The first-order chi connectivity index (χ1) is 14.5. The van der Waals surface area contributed by atoms with Crippen molar-refractivity contribution in [1.82, 2.24) is 24.8 Å². The van der Waals surface area contributed by atoms with Crippen LogP contribution in [-0.2, 0) is 17.9 Å². The number of nitrogens with one attached hydrogen (secondary N) is 1. The number of benzene rings is 1. The van der Waals surface area contributed by atoms with E-state index in [4.69, 9.17) is 0 Å². The third-order valence-electron chi connectivity index (χ3n) is 5.57. The first-order valence-electron chi connectivity index (χ1n) is 10.2. The number of rotatable bonds is 6. The normalized spacial score (nSPS) is 15.4. The van der Waals surface area contributed by atoms with E-state index in [1.54, 1.807) is 34.4 Å². The molecule has 0 spiro atoms. The number of hydrogen-bond donors (Lipinski definition) is 1. The molecule has 0 unspecified atom stereocenters. The maximum absolute atomic E-state index is 14.5. The molecule has 2 aromatic heterocycles. The van der Waals surface area contributed by atoms with Gasteiger partial charge in [0, 0.05) is 36.8 Å². The zero-order valence-corrected chi connectivity index (χ0v) is 18.1. The highest BCUT2D eigenvalue weighted by atomic mass is 32.1. The van der Waals surface area contributed by atoms with Crippen LogP contribution in [0.1, 0.15) is 34.9 Å². The van der Waals surface area contributed by atoms with E-state index in [2.05, 4.69) is 25.6 Å². The van der Waals surface area contributed by atoms with Crippen molar-refractivity contribution in [2.24, 2.45) is 5.92 Å². The van der Waals surface area contributed by atoms with Crippen LogP contribution in [0.2, 0.25) is 0 Å². The van der Waals surface area contributed by atoms with Crippen molar-refractivity contribution < 1.29 is 9.18 Å². The Kier molecular flexibility index (Phi) is 6.24. The third kappa shape index (κ3) is 4.76. The number of carbonyl (C=O) groups is 1. The molecule has 4 rings (SSSR count). The van der Waals surface area contributed by atoms with E-state index >= 15 is 0 Å². The fourth-order valence-corrected chi connectivity index (χ4v) is 4.49. The smallest absolute Gasteiger partial charge is 0.223 e. The lowest BCUT2D eigenvalue weighted by Crippen LogP contribution is -2.40. The number of carbonyl (C=O) groups excluding carboxylic acids is 1. The molecule has 30 heavy (non-hydrogen) atoms. The molecule has 1 aliphatic rings. The van der Waals surface area contributed by atoms with E-state index in [1.807, 2.05) is 19.9 Å². The van der Waals surface area contributed by atoms with Crippen LogP contribution >= 0.6 is 11.3 Å². The van der Waals surface area contributed by atoms with Gasteiger partial charge in [-0.05, 0) is 57.5 Å². The molecule has 1 aliphatic heterocycles. The van der Waals surface area contributed by atoms with Gasteiger partial charge in [-0.1, -0.05) is 6.07 Å². The number of nitrogens with zero attached hydrogens (tertiary/aromatic N) is 4. The summed E-state index contributed by atoms with van der Waals surface area (Å²) in [4.78, 5) is 23.6. The summed E-state index contributed by atoms with van der Waals surface area (Å²) < 4.78 is 16.2. The van der Waals surface area contributed by atoms with Crippen LogP contribution in [0.5, 0.6) is 0 Å². The maximum atomic E-state index is 14.5. The van der Waals surface area contributed by atoms with Crippen LogP contribution in [0.4, 0.5) is 4.39 Å². The monoisotopic (exact) mass is 427 g/mol. The maximum Gasteiger partial charge on any atom is 0.223 e. The fourth-order valence-electron chi connectivity index (χ4n) is 3.89. The first kappa shape index (κ1) is 20.7. The standard InChI is InChI=1S/C22H26FN5OS/c1-15-24-7-10-28(15)21-4-3-17(11-20(21)23)12-25-22(29)18-5-8-27(9-6-18)13-19-14-30-16(2)26-19/h3-4,7,10-11,14,18H,5-6,8-9,12-13H2,1-2H3,(H,25,29). The van der Waals surface area contributed by atoms with Gasteiger partial charge in [0.15, 0.2) is 0 Å². The van der Waals surface area contributed by atoms with Crippen molar-refractivity contribution in [1.29, 1.82) is 0 Å². The molecule has 3 aromatic rings. The van der Waals surface area contributed by atoms with Crippen LogP contribution in [0.15, 0.2) is 36.0 Å². The highest BCUT2D eigenvalue weighted by Crippen LogP contribution is 2.21. The Morgan fingerprint density at radius 1 is 1.30 bits per heavy atom. The van der Waals surface area contributed by atoms with Crippen molar-refractivity contribution in [3.05, 3.63) is 63.9 Å². The molecule has 0 saturated carbocycles. The van der Waals surface area contributed by atoms with Crippen molar-refractivity contribution in [2.75, 3.05) is 13.1 Å². The second kappa shape index (κ2) is 9.06. The number of aryl methyl sites for hydroxylation is 2. The summed E-state index contributed by atoms with van der Waals surface area (Å²) in [5.74, 6) is 0.463. The number of imidazole rings is 1. The number of piperidine rings is 1. The predicted octanol–water partition coefficient (Wildman–Crippen LogP) is 3.61. The Morgan fingerprint density at radius 3 is 2.73 bits per heavy atom. The molecule has 1 N–H and O–H groups in total. The largest absolute Gasteiger partial charge is 0.352 e. The summed E-state index contributed by atoms with van der Waals surface area (Å²) in [5.41, 5.74) is 2.32. The number of aromatic nitrogens is 3. The molecule has 0 aliphatic carbocycles. The van der Waals surface area contributed by atoms with E-state index in [9.17, 15) is 9.18 Å². The quantitative estimate of drug-likeness (QED) is 0.653. The Morgan fingerprint density at radius 2 is 2.10 bits per heavy atom. The SMILES string of the molecule is Cc1nc(CN2CCC(C(=O)NCc3ccc(-n4ccnc4C)c(F)c3)CC2)cs1. The van der Waals surface area contributed by atoms with Crippen LogP contribution < -0.4 is 5.32 Å². The first-order valence-corrected chi connectivity index (χ1v) is 11.1. The van der Waals surface area contributed by atoms with Gasteiger partial charge in [-0.3, -0.25) is 9.69 Å². The number of likely N-dealkylation sites (tertiary alicyclic amines) is 1. The third-order valence-corrected chi connectivity index (χ3v) is 6.40. The van der Waals surface area contributed by atoms with Crippen molar-refractivity contribution in [3.8, 4) is 5.69 Å². The van der Waals surface area contributed by atoms with Crippen molar-refractivity contribution in [3.63, 3.8) is 0 Å². The van der Waals surface area contributed by atoms with Gasteiger partial charge < -0.3 is 9.88 Å². The lowest BCUT2D eigenvalue weighted by atomic mass is 9.95. The summed E-state index contributed by atoms with van der Waals surface area (Å²) in [6.07, 6.45) is 5.05. The molecule has 1 aromatic carbocycles. The molecule has 1 amide bonds. The number of halogens is 1. The van der Waals surface area contributed by atoms with Crippen molar-refractivity contribution >= 4 is 17.2 Å². The lowest BCUT2D eigenvalue weighted by molar-refractivity contribution is -0.126. The summed E-state index contributed by atoms with van der Waals surface area (Å²) >= 11 is 1.67. The summed E-state index contributed by atoms with van der Waals surface area (Å²) in [5, 5.41) is 6.17. The van der Waals surface area contributed by atoms with Crippen LogP contribution in [0.3, 0.4) is 0 Å². The molecular weight excluding hydrogens is 401 g/mol. The van der Waals surface area contributed by atoms with E-state index < -0.39 is 0 Å². The van der Waals surface area contributed by atoms with Gasteiger partial charge in [0.1, 0.15) is 11.6 Å². The highest BCUT2D eigenvalue weighted by Gasteiger charge is 2.25. The Balaban J connectivity index is 1.27. The van der Waals surface area contributed by atoms with Gasteiger partial charge in [0.05, 0.1) is 16.4 Å². The van der Waals surface area contributed by atoms with E-state index in [0.717, 1.165) is 54.6 Å². The molecule has 0 atom stereocenters. The molecule has 1 saturated heterocycles. The van der Waals surface area contributed by atoms with Gasteiger partial charge in [0.25, 0.3) is 0 Å². The second-order valence-electron chi connectivity index (χ2n) is 7.76. The summed E-state index contributed by atoms with van der Waals surface area (Å²) in [6, 6.07) is 5.05. The van der Waals surface area contributed by atoms with E-state index in [0.29, 0.717) is 12.2 Å². The summed E-state index contributed by atoms with van der Waals surface area (Å²) in [7, 11) is 0. The van der Waals surface area contributed by atoms with Crippen molar-refractivity contribution in [2.45, 2.75) is 39.8 Å². The summed E-state index contributed by atoms with van der Waals surface area (Å²) in [6.45, 7) is 6.81. The van der Waals surface area contributed by atoms with Gasteiger partial charge in [0.2, 0.25) is 5.91 Å². The minimum atomic E-state index is -0.326. The molecule has 3 heterocycles. The molecule has 1 fully saturated rings. The minimum Gasteiger partial charge on any atom is -0.352 e. The van der Waals surface area contributed by atoms with Gasteiger partial charge in [-0.15, -0.1) is 11.3 Å². The molecule has 8 heteroatoms. The average Bonchev–Trinajstić information content (AvgIpc) is 3.34. The second-order valence-corrected chi connectivity index (χ2v) is 8.82. The number of thiazole rings is 1. The number of amides is 1. The average molecular weight is 428 g/mol. The zero-order chi connectivity index (χ0) is 21.1. The Labute approximate surface area is 179 Å². The molecule has 0 bridgehead atoms. The van der Waals surface area contributed by atoms with Crippen LogP contribution in [0, 0.1) is 25.6 Å². The topological polar surface area (TPSA) is 63.1 Å². The van der Waals surface area contributed by atoms with E-state index in [1.165, 1.54) is 6.07 Å². The minimum absolute atomic E-state index is 0.0103. The van der Waals surface area contributed by atoms with Gasteiger partial charge in [-0.25, -0.2) is 14.4 Å². The van der Waals surface area contributed by atoms with E-state index in [-0.39, 0.29) is 17.6 Å². The molecular formula is C22H26FN5OS. The fraction of sp³-hybridized carbons (Fsp3) is 0.409. The predicted molar refractivity (Wildman–Crippen MR) is 115 cm³/mol. The molecule has 6 nitrogen and oxygen atoms in total. The van der Waals surface area contributed by atoms with Gasteiger partial charge in [-0.2, -0.15) is 0 Å².